The highest BCUT2D eigenvalue weighted by Gasteiger charge is 2.07. The molecule has 0 atom stereocenters. The van der Waals surface area contributed by atoms with Crippen LogP contribution in [0.4, 0.5) is 17.6 Å². The van der Waals surface area contributed by atoms with Gasteiger partial charge in [0.25, 0.3) is 0 Å². The van der Waals surface area contributed by atoms with E-state index in [0.717, 1.165) is 11.3 Å². The number of hydrogen-bond acceptors (Lipinski definition) is 6. The maximum absolute atomic E-state index is 5.85. The fourth-order valence-corrected chi connectivity index (χ4v) is 1.86. The van der Waals surface area contributed by atoms with E-state index in [9.17, 15) is 0 Å². The van der Waals surface area contributed by atoms with Gasteiger partial charge >= 0.3 is 0 Å². The number of rotatable bonds is 3. The van der Waals surface area contributed by atoms with Crippen LogP contribution in [-0.2, 0) is 0 Å². The Morgan fingerprint density at radius 2 is 1.81 bits per heavy atom. The Hall–Kier alpha value is -2.73. The van der Waals surface area contributed by atoms with Crippen molar-refractivity contribution in [3.63, 3.8) is 0 Å². The van der Waals surface area contributed by atoms with E-state index >= 15 is 0 Å². The van der Waals surface area contributed by atoms with Crippen LogP contribution in [0.25, 0.3) is 11.4 Å². The van der Waals surface area contributed by atoms with Gasteiger partial charge in [0.2, 0.25) is 11.9 Å². The zero-order valence-electron chi connectivity index (χ0n) is 10.9. The summed E-state index contributed by atoms with van der Waals surface area (Å²) in [6.45, 7) is 0. The second-order valence-corrected chi connectivity index (χ2v) is 4.65. The average molecular weight is 299 g/mol. The molecule has 2 heterocycles. The zero-order valence-corrected chi connectivity index (χ0v) is 11.6. The van der Waals surface area contributed by atoms with Gasteiger partial charge in [0.05, 0.1) is 0 Å². The Kier molecular flexibility index (Phi) is 3.61. The fourth-order valence-electron chi connectivity index (χ4n) is 1.73. The predicted molar refractivity (Wildman–Crippen MR) is 82.2 cm³/mol. The van der Waals surface area contributed by atoms with E-state index < -0.39 is 0 Å². The van der Waals surface area contributed by atoms with Crippen molar-refractivity contribution in [1.82, 2.24) is 19.9 Å². The van der Waals surface area contributed by atoms with Crippen molar-refractivity contribution in [3.05, 3.63) is 53.8 Å². The number of nitrogens with one attached hydrogen (secondary N) is 1. The number of benzene rings is 1. The SMILES string of the molecule is Nc1nc(Nc2ccc(Cl)cc2)nc(-c2cccnc2)n1. The maximum atomic E-state index is 5.85. The molecule has 0 saturated carbocycles. The molecule has 0 saturated heterocycles. The molecule has 0 radical (unpaired) electrons. The molecule has 6 nitrogen and oxygen atoms in total. The molecule has 3 N–H and O–H groups in total. The Labute approximate surface area is 126 Å². The van der Waals surface area contributed by atoms with E-state index in [1.807, 2.05) is 24.3 Å². The summed E-state index contributed by atoms with van der Waals surface area (Å²) in [6.07, 6.45) is 3.35. The Morgan fingerprint density at radius 3 is 2.52 bits per heavy atom. The molecule has 3 rings (SSSR count). The van der Waals surface area contributed by atoms with Crippen molar-refractivity contribution in [2.24, 2.45) is 0 Å². The molecular weight excluding hydrogens is 288 g/mol. The third kappa shape index (κ3) is 3.24. The molecule has 0 bridgehead atoms. The summed E-state index contributed by atoms with van der Waals surface area (Å²) < 4.78 is 0. The number of nitrogen functional groups attached to an aromatic ring is 1. The number of nitrogens with zero attached hydrogens (tertiary/aromatic N) is 4. The van der Waals surface area contributed by atoms with Crippen molar-refractivity contribution >= 4 is 29.2 Å². The largest absolute Gasteiger partial charge is 0.368 e. The monoisotopic (exact) mass is 298 g/mol. The topological polar surface area (TPSA) is 89.6 Å². The lowest BCUT2D eigenvalue weighted by molar-refractivity contribution is 1.07. The average Bonchev–Trinajstić information content (AvgIpc) is 2.50. The van der Waals surface area contributed by atoms with Gasteiger partial charge in [-0.1, -0.05) is 11.6 Å². The fraction of sp³-hybridized carbons (Fsp3) is 0. The smallest absolute Gasteiger partial charge is 0.232 e. The molecular formula is C14H11ClN6. The van der Waals surface area contributed by atoms with E-state index in [-0.39, 0.29) is 5.95 Å². The Bertz CT molecular complexity index is 745. The molecule has 0 amide bonds. The van der Waals surface area contributed by atoms with Crippen molar-refractivity contribution in [1.29, 1.82) is 0 Å². The third-order valence-corrected chi connectivity index (χ3v) is 2.92. The van der Waals surface area contributed by atoms with E-state index in [1.165, 1.54) is 0 Å². The van der Waals surface area contributed by atoms with Crippen LogP contribution < -0.4 is 11.1 Å². The first-order valence-electron chi connectivity index (χ1n) is 6.15. The number of aromatic nitrogens is 4. The van der Waals surface area contributed by atoms with Crippen molar-refractivity contribution in [2.75, 3.05) is 11.1 Å². The van der Waals surface area contributed by atoms with Crippen LogP contribution in [0.2, 0.25) is 5.02 Å². The molecule has 21 heavy (non-hydrogen) atoms. The van der Waals surface area contributed by atoms with E-state index in [2.05, 4.69) is 25.3 Å². The second kappa shape index (κ2) is 5.72. The second-order valence-electron chi connectivity index (χ2n) is 4.21. The third-order valence-electron chi connectivity index (χ3n) is 2.67. The molecule has 0 aliphatic rings. The van der Waals surface area contributed by atoms with Gasteiger partial charge in [-0.2, -0.15) is 15.0 Å². The van der Waals surface area contributed by atoms with Gasteiger partial charge in [0.15, 0.2) is 5.82 Å². The highest BCUT2D eigenvalue weighted by molar-refractivity contribution is 6.30. The van der Waals surface area contributed by atoms with Crippen LogP contribution in [0.3, 0.4) is 0 Å². The lowest BCUT2D eigenvalue weighted by Gasteiger charge is -2.07. The minimum atomic E-state index is 0.139. The van der Waals surface area contributed by atoms with Crippen LogP contribution >= 0.6 is 11.6 Å². The molecule has 2 aromatic heterocycles. The summed E-state index contributed by atoms with van der Waals surface area (Å²) in [5, 5.41) is 3.72. The zero-order chi connectivity index (χ0) is 14.7. The van der Waals surface area contributed by atoms with Crippen LogP contribution in [0.1, 0.15) is 0 Å². The molecule has 7 heteroatoms. The minimum Gasteiger partial charge on any atom is -0.368 e. The summed E-state index contributed by atoms with van der Waals surface area (Å²) in [5.74, 6) is 0.969. The van der Waals surface area contributed by atoms with Gasteiger partial charge in [-0.05, 0) is 36.4 Å². The van der Waals surface area contributed by atoms with Crippen LogP contribution in [0.5, 0.6) is 0 Å². The molecule has 1 aromatic carbocycles. The van der Waals surface area contributed by atoms with E-state index in [1.54, 1.807) is 24.5 Å². The highest BCUT2D eigenvalue weighted by Crippen LogP contribution is 2.19. The first-order chi connectivity index (χ1) is 10.2. The number of halogens is 1. The molecule has 0 spiro atoms. The molecule has 104 valence electrons. The Balaban J connectivity index is 1.93. The van der Waals surface area contributed by atoms with E-state index in [4.69, 9.17) is 17.3 Å². The summed E-state index contributed by atoms with van der Waals surface area (Å²) in [5.41, 5.74) is 7.31. The van der Waals surface area contributed by atoms with Gasteiger partial charge in [-0.15, -0.1) is 0 Å². The first-order valence-corrected chi connectivity index (χ1v) is 6.53. The van der Waals surface area contributed by atoms with Gasteiger partial charge in [0, 0.05) is 28.7 Å². The predicted octanol–water partition coefficient (Wildman–Crippen LogP) is 2.91. The van der Waals surface area contributed by atoms with Crippen molar-refractivity contribution in [2.45, 2.75) is 0 Å². The van der Waals surface area contributed by atoms with Gasteiger partial charge in [-0.3, -0.25) is 4.98 Å². The van der Waals surface area contributed by atoms with Gasteiger partial charge in [0.1, 0.15) is 0 Å². The standard InChI is InChI=1S/C14H11ClN6/c15-10-3-5-11(6-4-10)18-14-20-12(19-13(16)21-14)9-2-1-7-17-8-9/h1-8H,(H3,16,18,19,20,21). The van der Waals surface area contributed by atoms with E-state index in [0.29, 0.717) is 16.8 Å². The summed E-state index contributed by atoms with van der Waals surface area (Å²) in [4.78, 5) is 16.6. The van der Waals surface area contributed by atoms with Gasteiger partial charge < -0.3 is 11.1 Å². The molecule has 0 aliphatic carbocycles. The minimum absolute atomic E-state index is 0.139. The summed E-state index contributed by atoms with van der Waals surface area (Å²) in [7, 11) is 0. The van der Waals surface area contributed by atoms with Crippen LogP contribution in [0.15, 0.2) is 48.8 Å². The van der Waals surface area contributed by atoms with Crippen molar-refractivity contribution < 1.29 is 0 Å². The molecule has 0 unspecified atom stereocenters. The lowest BCUT2D eigenvalue weighted by Crippen LogP contribution is -2.05. The normalized spacial score (nSPS) is 10.3. The molecule has 0 aliphatic heterocycles. The van der Waals surface area contributed by atoms with Crippen LogP contribution in [0, 0.1) is 0 Å². The lowest BCUT2D eigenvalue weighted by atomic mass is 10.3. The quantitative estimate of drug-likeness (QED) is 0.773. The molecule has 0 fully saturated rings. The van der Waals surface area contributed by atoms with Crippen LogP contribution in [-0.4, -0.2) is 19.9 Å². The van der Waals surface area contributed by atoms with Crippen molar-refractivity contribution in [3.8, 4) is 11.4 Å². The molecule has 3 aromatic rings. The summed E-state index contributed by atoms with van der Waals surface area (Å²) >= 11 is 5.85. The number of anilines is 3. The van der Waals surface area contributed by atoms with Gasteiger partial charge in [-0.25, -0.2) is 0 Å². The number of pyridine rings is 1. The highest BCUT2D eigenvalue weighted by atomic mass is 35.5. The first kappa shape index (κ1) is 13.3. The number of nitrogens with two attached hydrogens (primary N) is 1. The summed E-state index contributed by atoms with van der Waals surface area (Å²) in [6, 6.07) is 10.9. The Morgan fingerprint density at radius 1 is 1.00 bits per heavy atom. The number of hydrogen-bond donors (Lipinski definition) is 2. The maximum Gasteiger partial charge on any atom is 0.232 e.